The normalized spacial score (nSPS) is 18.3. The number of ether oxygens (including phenoxy) is 1. The Balaban J connectivity index is 1.63. The Kier molecular flexibility index (Phi) is 5.84. The van der Waals surface area contributed by atoms with Crippen LogP contribution in [0, 0.1) is 6.92 Å². The number of benzene rings is 2. The number of carbonyl (C=O) groups is 3. The number of ketones is 1. The number of aryl methyl sites for hydroxylation is 2. The van der Waals surface area contributed by atoms with E-state index in [4.69, 9.17) is 4.74 Å². The molecule has 33 heavy (non-hydrogen) atoms. The maximum atomic E-state index is 13.4. The van der Waals surface area contributed by atoms with E-state index in [-0.39, 0.29) is 36.5 Å². The van der Waals surface area contributed by atoms with Gasteiger partial charge in [-0.1, -0.05) is 6.07 Å². The first-order valence-corrected chi connectivity index (χ1v) is 10.8. The van der Waals surface area contributed by atoms with E-state index >= 15 is 0 Å². The lowest BCUT2D eigenvalue weighted by atomic mass is 9.90. The minimum atomic E-state index is -1.20. The second-order valence-corrected chi connectivity index (χ2v) is 8.45. The zero-order valence-electron chi connectivity index (χ0n) is 18.8. The highest BCUT2D eigenvalue weighted by atomic mass is 16.5. The van der Waals surface area contributed by atoms with Gasteiger partial charge >= 0.3 is 0 Å². The molecule has 1 aliphatic heterocycles. The van der Waals surface area contributed by atoms with Crippen molar-refractivity contribution in [3.05, 3.63) is 69.8 Å². The van der Waals surface area contributed by atoms with Gasteiger partial charge in [0.2, 0.25) is 5.91 Å². The van der Waals surface area contributed by atoms with Gasteiger partial charge in [-0.25, -0.2) is 4.98 Å². The van der Waals surface area contributed by atoms with Crippen LogP contribution in [0.2, 0.25) is 0 Å². The number of Topliss-reactive ketones (excluding diaryl/α,β-unsaturated/α-hetero) is 1. The zero-order valence-corrected chi connectivity index (χ0v) is 18.8. The smallest absolute Gasteiger partial charge is 0.262 e. The van der Waals surface area contributed by atoms with Crippen molar-refractivity contribution in [2.75, 3.05) is 7.11 Å². The summed E-state index contributed by atoms with van der Waals surface area (Å²) in [7, 11) is 1.57. The predicted molar refractivity (Wildman–Crippen MR) is 122 cm³/mol. The SMILES string of the molecule is COc1ccc(C(=O)CCc2ccc3nc(C)n([C@@]4(C)CCC(=O)NC4=O)c(=O)c3c2)cc1. The van der Waals surface area contributed by atoms with Crippen LogP contribution in [-0.2, 0) is 21.5 Å². The number of fused-ring (bicyclic) bond motifs is 1. The summed E-state index contributed by atoms with van der Waals surface area (Å²) < 4.78 is 6.50. The van der Waals surface area contributed by atoms with Crippen LogP contribution in [0.5, 0.6) is 5.75 Å². The molecule has 0 unspecified atom stereocenters. The predicted octanol–water partition coefficient (Wildman–Crippen LogP) is 2.68. The molecule has 1 saturated heterocycles. The molecule has 8 heteroatoms. The highest BCUT2D eigenvalue weighted by Crippen LogP contribution is 2.27. The number of methoxy groups -OCH3 is 1. The van der Waals surface area contributed by atoms with E-state index in [1.54, 1.807) is 57.4 Å². The molecule has 0 bridgehead atoms. The molecule has 0 saturated carbocycles. The topological polar surface area (TPSA) is 107 Å². The van der Waals surface area contributed by atoms with Crippen LogP contribution >= 0.6 is 0 Å². The van der Waals surface area contributed by atoms with Crippen LogP contribution in [0.1, 0.15) is 47.9 Å². The third-order valence-electron chi connectivity index (χ3n) is 6.23. The summed E-state index contributed by atoms with van der Waals surface area (Å²) >= 11 is 0. The molecule has 0 radical (unpaired) electrons. The molecular formula is C25H25N3O5. The fourth-order valence-corrected chi connectivity index (χ4v) is 4.27. The minimum Gasteiger partial charge on any atom is -0.497 e. The number of hydrogen-bond donors (Lipinski definition) is 1. The first-order chi connectivity index (χ1) is 15.7. The molecule has 1 N–H and O–H groups in total. The maximum Gasteiger partial charge on any atom is 0.262 e. The van der Waals surface area contributed by atoms with E-state index in [1.807, 2.05) is 6.07 Å². The molecule has 1 aromatic heterocycles. The number of rotatable bonds is 6. The molecule has 0 aliphatic carbocycles. The van der Waals surface area contributed by atoms with Crippen molar-refractivity contribution in [2.24, 2.45) is 0 Å². The summed E-state index contributed by atoms with van der Waals surface area (Å²) in [6, 6.07) is 12.3. The van der Waals surface area contributed by atoms with E-state index in [1.165, 1.54) is 4.57 Å². The van der Waals surface area contributed by atoms with Crippen molar-refractivity contribution in [1.82, 2.24) is 14.9 Å². The number of nitrogens with zero attached hydrogens (tertiary/aromatic N) is 2. The van der Waals surface area contributed by atoms with Crippen LogP contribution in [0.3, 0.4) is 0 Å². The van der Waals surface area contributed by atoms with Crippen LogP contribution < -0.4 is 15.6 Å². The Labute approximate surface area is 190 Å². The van der Waals surface area contributed by atoms with Crippen molar-refractivity contribution in [1.29, 1.82) is 0 Å². The van der Waals surface area contributed by atoms with Crippen molar-refractivity contribution >= 4 is 28.5 Å². The maximum absolute atomic E-state index is 13.4. The van der Waals surface area contributed by atoms with Crippen LogP contribution in [-0.4, -0.2) is 34.3 Å². The second kappa shape index (κ2) is 8.61. The zero-order chi connectivity index (χ0) is 23.8. The van der Waals surface area contributed by atoms with Crippen LogP contribution in [0.25, 0.3) is 10.9 Å². The molecule has 1 aliphatic rings. The highest BCUT2D eigenvalue weighted by molar-refractivity contribution is 6.01. The molecule has 3 aromatic rings. The largest absolute Gasteiger partial charge is 0.497 e. The number of piperidine rings is 1. The lowest BCUT2D eigenvalue weighted by Gasteiger charge is -2.34. The first-order valence-electron chi connectivity index (χ1n) is 10.8. The van der Waals surface area contributed by atoms with Gasteiger partial charge < -0.3 is 4.74 Å². The summed E-state index contributed by atoms with van der Waals surface area (Å²) in [4.78, 5) is 54.8. The minimum absolute atomic E-state index is 0.00625. The Morgan fingerprint density at radius 3 is 2.55 bits per heavy atom. The number of aromatic nitrogens is 2. The third-order valence-corrected chi connectivity index (χ3v) is 6.23. The molecule has 2 aromatic carbocycles. The summed E-state index contributed by atoms with van der Waals surface area (Å²) in [5.41, 5.74) is 0.410. The van der Waals surface area contributed by atoms with Crippen molar-refractivity contribution < 1.29 is 19.1 Å². The number of nitrogens with one attached hydrogen (secondary N) is 1. The van der Waals surface area contributed by atoms with E-state index < -0.39 is 11.4 Å². The molecule has 0 spiro atoms. The lowest BCUT2D eigenvalue weighted by molar-refractivity contribution is -0.140. The van der Waals surface area contributed by atoms with Crippen LogP contribution in [0.4, 0.5) is 0 Å². The Morgan fingerprint density at radius 1 is 1.15 bits per heavy atom. The second-order valence-electron chi connectivity index (χ2n) is 8.45. The molecular weight excluding hydrogens is 422 g/mol. The van der Waals surface area contributed by atoms with Gasteiger partial charge in [-0.05, 0) is 68.7 Å². The Hall–Kier alpha value is -3.81. The van der Waals surface area contributed by atoms with E-state index in [0.29, 0.717) is 34.5 Å². The summed E-state index contributed by atoms with van der Waals surface area (Å²) in [6.07, 6.45) is 1.12. The summed E-state index contributed by atoms with van der Waals surface area (Å²) in [5.74, 6) is 0.229. The third kappa shape index (κ3) is 4.16. The molecule has 1 fully saturated rings. The fourth-order valence-electron chi connectivity index (χ4n) is 4.27. The number of amides is 2. The van der Waals surface area contributed by atoms with E-state index in [2.05, 4.69) is 10.3 Å². The number of hydrogen-bond acceptors (Lipinski definition) is 6. The molecule has 2 amide bonds. The quantitative estimate of drug-likeness (QED) is 0.460. The van der Waals surface area contributed by atoms with Crippen LogP contribution in [0.15, 0.2) is 47.3 Å². The number of imide groups is 1. The van der Waals surface area contributed by atoms with Gasteiger partial charge in [-0.15, -0.1) is 0 Å². The lowest BCUT2D eigenvalue weighted by Crippen LogP contribution is -2.56. The van der Waals surface area contributed by atoms with Crippen molar-refractivity contribution in [3.8, 4) is 5.75 Å². The van der Waals surface area contributed by atoms with Crippen molar-refractivity contribution in [3.63, 3.8) is 0 Å². The average Bonchev–Trinajstić information content (AvgIpc) is 2.80. The number of carbonyl (C=O) groups excluding carboxylic acids is 3. The standard InChI is InChI=1S/C25H25N3O5/c1-15-26-20-10-4-16(5-11-21(29)17-6-8-18(33-3)9-7-17)14-19(20)23(31)28(15)25(2)13-12-22(30)27-24(25)32/h4,6-10,14H,5,11-13H2,1-3H3,(H,27,30,32)/t25-/m0/s1. The van der Waals surface area contributed by atoms with Crippen molar-refractivity contribution in [2.45, 2.75) is 45.1 Å². The average molecular weight is 447 g/mol. The molecule has 1 atom stereocenters. The van der Waals surface area contributed by atoms with Gasteiger partial charge in [0, 0.05) is 18.4 Å². The Bertz CT molecular complexity index is 1330. The van der Waals surface area contributed by atoms with Gasteiger partial charge in [0.1, 0.15) is 17.1 Å². The monoisotopic (exact) mass is 447 g/mol. The molecule has 170 valence electrons. The van der Waals surface area contributed by atoms with E-state index in [9.17, 15) is 19.2 Å². The van der Waals surface area contributed by atoms with Gasteiger partial charge in [0.15, 0.2) is 5.78 Å². The van der Waals surface area contributed by atoms with E-state index in [0.717, 1.165) is 5.56 Å². The van der Waals surface area contributed by atoms with Gasteiger partial charge in [0.05, 0.1) is 18.0 Å². The molecule has 8 nitrogen and oxygen atoms in total. The first kappa shape index (κ1) is 22.4. The summed E-state index contributed by atoms with van der Waals surface area (Å²) in [6.45, 7) is 3.32. The molecule has 2 heterocycles. The Morgan fingerprint density at radius 2 is 1.88 bits per heavy atom. The summed E-state index contributed by atoms with van der Waals surface area (Å²) in [5, 5.41) is 2.70. The van der Waals surface area contributed by atoms with Gasteiger partial charge in [-0.3, -0.25) is 29.1 Å². The molecule has 4 rings (SSSR count). The fraction of sp³-hybridized carbons (Fsp3) is 0.320. The highest BCUT2D eigenvalue weighted by Gasteiger charge is 2.42. The van der Waals surface area contributed by atoms with Gasteiger partial charge in [-0.2, -0.15) is 0 Å². The van der Waals surface area contributed by atoms with Gasteiger partial charge in [0.25, 0.3) is 11.5 Å².